The number of rotatable bonds is 5. The van der Waals surface area contributed by atoms with Gasteiger partial charge < -0.3 is 5.32 Å². The van der Waals surface area contributed by atoms with E-state index in [-0.39, 0.29) is 11.7 Å². The predicted octanol–water partition coefficient (Wildman–Crippen LogP) is 6.28. The number of nitrogens with zero attached hydrogens (tertiary/aromatic N) is 3. The van der Waals surface area contributed by atoms with Crippen LogP contribution in [0.3, 0.4) is 0 Å². The van der Waals surface area contributed by atoms with Crippen LogP contribution in [-0.4, -0.2) is 20.5 Å². The summed E-state index contributed by atoms with van der Waals surface area (Å²) < 4.78 is 3.06. The average Bonchev–Trinajstić information content (AvgIpc) is 3.47. The molecule has 1 aromatic carbocycles. The van der Waals surface area contributed by atoms with E-state index in [2.05, 4.69) is 49.1 Å². The van der Waals surface area contributed by atoms with Crippen LogP contribution in [0.15, 0.2) is 41.3 Å². The lowest BCUT2D eigenvalue weighted by Crippen LogP contribution is -2.17. The summed E-state index contributed by atoms with van der Waals surface area (Å²) in [5, 5.41) is 9.08. The molecule has 0 radical (unpaired) electrons. The molecule has 0 aliphatic heterocycles. The molecule has 2 aromatic heterocycles. The summed E-state index contributed by atoms with van der Waals surface area (Å²) >= 11 is 3.56. The summed E-state index contributed by atoms with van der Waals surface area (Å²) in [6.07, 6.45) is 12.5. The molecule has 150 valence electrons. The number of Topliss-reactive ketones (excluding diaryl/α,β-unsaturated/α-hetero) is 1. The molecule has 29 heavy (non-hydrogen) atoms. The first kappa shape index (κ1) is 18.8. The summed E-state index contributed by atoms with van der Waals surface area (Å²) in [7, 11) is 0. The third-order valence-electron chi connectivity index (χ3n) is 6.27. The van der Waals surface area contributed by atoms with Gasteiger partial charge in [0.05, 0.1) is 34.7 Å². The summed E-state index contributed by atoms with van der Waals surface area (Å²) in [6.45, 7) is 2.33. The number of carbonyl (C=O) groups excluding carboxylic acids is 1. The Morgan fingerprint density at radius 2 is 1.93 bits per heavy atom. The molecular formula is C23H25BrN4O. The smallest absolute Gasteiger partial charge is 0.169 e. The second kappa shape index (κ2) is 7.56. The normalized spacial score (nSPS) is 22.0. The Kier molecular flexibility index (Phi) is 4.90. The average molecular weight is 453 g/mol. The Hall–Kier alpha value is -2.21. The number of pyridine rings is 1. The van der Waals surface area contributed by atoms with Crippen LogP contribution in [0.5, 0.6) is 0 Å². The zero-order valence-electron chi connectivity index (χ0n) is 16.6. The van der Waals surface area contributed by atoms with Crippen molar-refractivity contribution in [3.8, 4) is 0 Å². The molecule has 2 heterocycles. The Labute approximate surface area is 179 Å². The topological polar surface area (TPSA) is 59.8 Å². The molecule has 2 saturated carbocycles. The molecule has 0 unspecified atom stereocenters. The van der Waals surface area contributed by atoms with E-state index in [0.717, 1.165) is 45.5 Å². The van der Waals surface area contributed by atoms with Gasteiger partial charge in [-0.25, -0.2) is 0 Å². The van der Waals surface area contributed by atoms with Gasteiger partial charge in [0, 0.05) is 28.2 Å². The van der Waals surface area contributed by atoms with Gasteiger partial charge in [-0.05, 0) is 62.6 Å². The van der Waals surface area contributed by atoms with Crippen LogP contribution in [0.25, 0.3) is 10.9 Å². The monoisotopic (exact) mass is 452 g/mol. The Bertz CT molecular complexity index is 1060. The predicted molar refractivity (Wildman–Crippen MR) is 119 cm³/mol. The fraction of sp³-hybridized carbons (Fsp3) is 0.435. The van der Waals surface area contributed by atoms with Crippen molar-refractivity contribution in [2.24, 2.45) is 11.8 Å². The van der Waals surface area contributed by atoms with Gasteiger partial charge in [-0.1, -0.05) is 22.9 Å². The van der Waals surface area contributed by atoms with E-state index >= 15 is 0 Å². The zero-order chi connectivity index (χ0) is 20.0. The SMILES string of the molecule is CC1CCC(n2cc(Nc3c(C(=O)C4CC4)cnc4ccc(Br)cc34)cn2)CC1. The van der Waals surface area contributed by atoms with Crippen LogP contribution in [-0.2, 0) is 0 Å². The van der Waals surface area contributed by atoms with Crippen molar-refractivity contribution in [1.29, 1.82) is 0 Å². The highest BCUT2D eigenvalue weighted by molar-refractivity contribution is 9.10. The van der Waals surface area contributed by atoms with E-state index in [9.17, 15) is 4.79 Å². The summed E-state index contributed by atoms with van der Waals surface area (Å²) in [5.74, 6) is 1.15. The lowest BCUT2D eigenvalue weighted by atomic mass is 9.87. The second-order valence-corrected chi connectivity index (χ2v) is 9.51. The van der Waals surface area contributed by atoms with Crippen molar-refractivity contribution >= 4 is 44.0 Å². The van der Waals surface area contributed by atoms with Gasteiger partial charge in [0.2, 0.25) is 0 Å². The number of carbonyl (C=O) groups is 1. The second-order valence-electron chi connectivity index (χ2n) is 8.59. The van der Waals surface area contributed by atoms with Crippen molar-refractivity contribution < 1.29 is 4.79 Å². The molecule has 0 saturated heterocycles. The van der Waals surface area contributed by atoms with Crippen LogP contribution in [0, 0.1) is 11.8 Å². The van der Waals surface area contributed by atoms with Gasteiger partial charge >= 0.3 is 0 Å². The first-order valence-corrected chi connectivity index (χ1v) is 11.3. The summed E-state index contributed by atoms with van der Waals surface area (Å²) in [4.78, 5) is 17.5. The number of fused-ring (bicyclic) bond motifs is 1. The zero-order valence-corrected chi connectivity index (χ0v) is 18.2. The van der Waals surface area contributed by atoms with Crippen LogP contribution < -0.4 is 5.32 Å². The van der Waals surface area contributed by atoms with Crippen molar-refractivity contribution in [2.75, 3.05) is 5.32 Å². The lowest BCUT2D eigenvalue weighted by molar-refractivity contribution is 0.0968. The molecule has 0 spiro atoms. The minimum absolute atomic E-state index is 0.147. The summed E-state index contributed by atoms with van der Waals surface area (Å²) in [6, 6.07) is 6.45. The number of ketones is 1. The van der Waals surface area contributed by atoms with Gasteiger partial charge in [0.15, 0.2) is 5.78 Å². The minimum Gasteiger partial charge on any atom is -0.352 e. The largest absolute Gasteiger partial charge is 0.352 e. The molecule has 2 aliphatic rings. The van der Waals surface area contributed by atoms with E-state index in [0.29, 0.717) is 11.6 Å². The molecule has 5 nitrogen and oxygen atoms in total. The molecule has 2 aliphatic carbocycles. The number of hydrogen-bond acceptors (Lipinski definition) is 4. The van der Waals surface area contributed by atoms with Crippen molar-refractivity contribution in [3.63, 3.8) is 0 Å². The van der Waals surface area contributed by atoms with Crippen LogP contribution in [0.2, 0.25) is 0 Å². The van der Waals surface area contributed by atoms with Crippen LogP contribution >= 0.6 is 15.9 Å². The maximum absolute atomic E-state index is 12.9. The van der Waals surface area contributed by atoms with Gasteiger partial charge in [0.1, 0.15) is 0 Å². The number of benzene rings is 1. The first-order valence-electron chi connectivity index (χ1n) is 10.5. The minimum atomic E-state index is 0.147. The highest BCUT2D eigenvalue weighted by Crippen LogP contribution is 2.38. The molecule has 6 heteroatoms. The fourth-order valence-corrected chi connectivity index (χ4v) is 4.67. The van der Waals surface area contributed by atoms with Crippen LogP contribution in [0.1, 0.15) is 61.8 Å². The Morgan fingerprint density at radius 1 is 1.14 bits per heavy atom. The van der Waals surface area contributed by atoms with Crippen molar-refractivity contribution in [2.45, 2.75) is 51.5 Å². The highest BCUT2D eigenvalue weighted by atomic mass is 79.9. The van der Waals surface area contributed by atoms with E-state index < -0.39 is 0 Å². The number of anilines is 2. The molecule has 0 atom stereocenters. The maximum atomic E-state index is 12.9. The molecule has 3 aromatic rings. The quantitative estimate of drug-likeness (QED) is 0.462. The number of hydrogen-bond donors (Lipinski definition) is 1. The van der Waals surface area contributed by atoms with Crippen molar-refractivity contribution in [1.82, 2.24) is 14.8 Å². The van der Waals surface area contributed by atoms with E-state index in [1.54, 1.807) is 6.20 Å². The van der Waals surface area contributed by atoms with Gasteiger partial charge in [-0.15, -0.1) is 0 Å². The van der Waals surface area contributed by atoms with E-state index in [1.807, 2.05) is 24.4 Å². The number of nitrogens with one attached hydrogen (secondary N) is 1. The summed E-state index contributed by atoms with van der Waals surface area (Å²) in [5.41, 5.74) is 3.31. The van der Waals surface area contributed by atoms with E-state index in [4.69, 9.17) is 0 Å². The van der Waals surface area contributed by atoms with Gasteiger partial charge in [-0.2, -0.15) is 5.10 Å². The standard InChI is InChI=1S/C23H25BrN4O/c1-14-2-7-18(8-3-14)28-13-17(11-26-28)27-22-19-10-16(24)6-9-21(19)25-12-20(22)23(29)15-4-5-15/h6,9-15,18H,2-5,7-8H2,1H3,(H,25,27). The van der Waals surface area contributed by atoms with Gasteiger partial charge in [-0.3, -0.25) is 14.5 Å². The lowest BCUT2D eigenvalue weighted by Gasteiger charge is -2.26. The Morgan fingerprint density at radius 3 is 2.69 bits per heavy atom. The molecular weight excluding hydrogens is 428 g/mol. The molecule has 1 N–H and O–H groups in total. The number of aromatic nitrogens is 3. The molecule has 0 amide bonds. The highest BCUT2D eigenvalue weighted by Gasteiger charge is 2.32. The Balaban J connectivity index is 1.50. The fourth-order valence-electron chi connectivity index (χ4n) is 4.31. The van der Waals surface area contributed by atoms with Crippen molar-refractivity contribution in [3.05, 3.63) is 46.8 Å². The molecule has 2 fully saturated rings. The number of halogens is 1. The van der Waals surface area contributed by atoms with Crippen LogP contribution in [0.4, 0.5) is 11.4 Å². The first-order chi connectivity index (χ1) is 14.1. The van der Waals surface area contributed by atoms with E-state index in [1.165, 1.54) is 25.7 Å². The third-order valence-corrected chi connectivity index (χ3v) is 6.77. The van der Waals surface area contributed by atoms with Gasteiger partial charge in [0.25, 0.3) is 0 Å². The third kappa shape index (κ3) is 3.82. The maximum Gasteiger partial charge on any atom is 0.169 e. The molecule has 5 rings (SSSR count). The molecule has 0 bridgehead atoms.